The van der Waals surface area contributed by atoms with Gasteiger partial charge < -0.3 is 5.11 Å². The van der Waals surface area contributed by atoms with Crippen molar-refractivity contribution in [1.29, 1.82) is 0 Å². The highest BCUT2D eigenvalue weighted by atomic mass is 32.2. The average Bonchev–Trinajstić information content (AvgIpc) is 2.72. The van der Waals surface area contributed by atoms with Crippen LogP contribution in [0.25, 0.3) is 10.8 Å². The predicted molar refractivity (Wildman–Crippen MR) is 121 cm³/mol. The Morgan fingerprint density at radius 2 is 1.76 bits per heavy atom. The van der Waals surface area contributed by atoms with Crippen LogP contribution >= 0.6 is 11.8 Å². The summed E-state index contributed by atoms with van der Waals surface area (Å²) in [6.07, 6.45) is 4.36. The molecule has 0 radical (unpaired) electrons. The third-order valence-electron chi connectivity index (χ3n) is 4.14. The van der Waals surface area contributed by atoms with Crippen LogP contribution in [0.5, 0.6) is 5.75 Å². The number of fused-ring (bicyclic) bond motifs is 1. The quantitative estimate of drug-likeness (QED) is 0.296. The molecule has 0 atom stereocenters. The molecular formula is C22H20N2O3S2. The molecule has 0 heterocycles. The number of rotatable bonds is 7. The molecule has 0 bridgehead atoms. The second-order valence-corrected chi connectivity index (χ2v) is 9.11. The molecule has 0 saturated carbocycles. The van der Waals surface area contributed by atoms with E-state index in [4.69, 9.17) is 0 Å². The number of phenols is 1. The fraction of sp³-hybridized carbons (Fsp3) is 0.0455. The maximum absolute atomic E-state index is 12.8. The first kappa shape index (κ1) is 20.7. The van der Waals surface area contributed by atoms with Gasteiger partial charge >= 0.3 is 0 Å². The van der Waals surface area contributed by atoms with E-state index in [1.165, 1.54) is 37.0 Å². The average molecular weight is 425 g/mol. The fourth-order valence-corrected chi connectivity index (χ4v) is 4.47. The summed E-state index contributed by atoms with van der Waals surface area (Å²) < 4.78 is 28.2. The van der Waals surface area contributed by atoms with Gasteiger partial charge in [0.2, 0.25) is 0 Å². The lowest BCUT2D eigenvalue weighted by Gasteiger charge is -2.15. The van der Waals surface area contributed by atoms with Gasteiger partial charge in [0.05, 0.1) is 15.5 Å². The van der Waals surface area contributed by atoms with Gasteiger partial charge in [-0.3, -0.25) is 9.71 Å². The summed E-state index contributed by atoms with van der Waals surface area (Å²) in [4.78, 5) is 5.18. The Balaban J connectivity index is 2.07. The molecule has 0 spiro atoms. The van der Waals surface area contributed by atoms with E-state index in [0.29, 0.717) is 21.4 Å². The van der Waals surface area contributed by atoms with Crippen LogP contribution in [-0.4, -0.2) is 20.2 Å². The largest absolute Gasteiger partial charge is 0.506 e. The van der Waals surface area contributed by atoms with Gasteiger partial charge in [-0.1, -0.05) is 54.2 Å². The van der Waals surface area contributed by atoms with Gasteiger partial charge in [-0.15, -0.1) is 0 Å². The first-order valence-electron chi connectivity index (χ1n) is 8.72. The number of nitrogens with zero attached hydrogens (tertiary/aromatic N) is 1. The van der Waals surface area contributed by atoms with Crippen LogP contribution in [0.1, 0.15) is 6.92 Å². The van der Waals surface area contributed by atoms with Crippen molar-refractivity contribution in [1.82, 2.24) is 0 Å². The second-order valence-electron chi connectivity index (χ2n) is 6.14. The molecule has 0 saturated heterocycles. The van der Waals surface area contributed by atoms with Crippen LogP contribution in [0.3, 0.4) is 0 Å². The Bertz CT molecular complexity index is 1200. The first-order valence-corrected chi connectivity index (χ1v) is 11.0. The molecule has 0 fully saturated rings. The van der Waals surface area contributed by atoms with Crippen molar-refractivity contribution < 1.29 is 13.5 Å². The summed E-state index contributed by atoms with van der Waals surface area (Å²) in [5, 5.41) is 11.9. The topological polar surface area (TPSA) is 78.8 Å². The van der Waals surface area contributed by atoms with Gasteiger partial charge in [0, 0.05) is 21.9 Å². The molecule has 0 aliphatic heterocycles. The number of nitrogens with one attached hydrogen (secondary N) is 1. The molecule has 0 aromatic heterocycles. The lowest BCUT2D eigenvalue weighted by Crippen LogP contribution is -2.13. The van der Waals surface area contributed by atoms with Crippen LogP contribution < -0.4 is 4.72 Å². The van der Waals surface area contributed by atoms with E-state index in [1.54, 1.807) is 30.3 Å². The maximum Gasteiger partial charge on any atom is 0.257 e. The molecule has 2 N–H and O–H groups in total. The number of hydrogen-bond acceptors (Lipinski definition) is 5. The standard InChI is InChI=1S/C22H20N2O3S2/c1-16(9-8-14-23-2)29(26,27)24-20-15-21(28-17-10-4-3-5-11-17)22(25)19-13-7-6-12-18(19)20/h3-15,24-25H,2H2,1H3/b14-8-,16-9+. The second kappa shape index (κ2) is 8.98. The summed E-state index contributed by atoms with van der Waals surface area (Å²) >= 11 is 1.36. The van der Waals surface area contributed by atoms with Crippen LogP contribution in [-0.2, 0) is 10.0 Å². The highest BCUT2D eigenvalue weighted by Crippen LogP contribution is 2.42. The highest BCUT2D eigenvalue weighted by Gasteiger charge is 2.18. The summed E-state index contributed by atoms with van der Waals surface area (Å²) in [5.74, 6) is 0.115. The van der Waals surface area contributed by atoms with E-state index >= 15 is 0 Å². The number of sulfonamides is 1. The normalized spacial score (nSPS) is 12.4. The zero-order valence-corrected chi connectivity index (χ0v) is 17.4. The SMILES string of the molecule is C=N/C=C\C=C(/C)S(=O)(=O)Nc1cc(Sc2ccccc2)c(O)c2ccccc12. The van der Waals surface area contributed by atoms with Crippen LogP contribution in [0.2, 0.25) is 0 Å². The molecule has 0 aliphatic rings. The lowest BCUT2D eigenvalue weighted by molar-refractivity contribution is 0.469. The molecule has 148 valence electrons. The Kier molecular flexibility index (Phi) is 6.41. The molecule has 0 unspecified atom stereocenters. The summed E-state index contributed by atoms with van der Waals surface area (Å²) in [6.45, 7) is 4.81. The minimum absolute atomic E-state index is 0.115. The van der Waals surface area contributed by atoms with E-state index in [9.17, 15) is 13.5 Å². The lowest BCUT2D eigenvalue weighted by atomic mass is 10.1. The molecule has 0 amide bonds. The first-order chi connectivity index (χ1) is 13.9. The zero-order valence-electron chi connectivity index (χ0n) is 15.7. The number of aliphatic imine (C=N–C) groups is 1. The van der Waals surface area contributed by atoms with Crippen molar-refractivity contribution in [2.24, 2.45) is 4.99 Å². The minimum Gasteiger partial charge on any atom is -0.506 e. The van der Waals surface area contributed by atoms with Gasteiger partial charge in [-0.05, 0) is 44.0 Å². The molecule has 5 nitrogen and oxygen atoms in total. The smallest absolute Gasteiger partial charge is 0.257 e. The van der Waals surface area contributed by atoms with Gasteiger partial charge in [0.25, 0.3) is 10.0 Å². The van der Waals surface area contributed by atoms with Crippen molar-refractivity contribution in [3.8, 4) is 5.75 Å². The molecule has 7 heteroatoms. The van der Waals surface area contributed by atoms with Gasteiger partial charge in [-0.25, -0.2) is 8.42 Å². The van der Waals surface area contributed by atoms with Crippen molar-refractivity contribution >= 4 is 45.0 Å². The number of aromatic hydroxyl groups is 1. The van der Waals surface area contributed by atoms with Crippen molar-refractivity contribution in [3.05, 3.63) is 83.9 Å². The molecule has 3 rings (SSSR count). The Morgan fingerprint density at radius 3 is 2.45 bits per heavy atom. The Hall–Kier alpha value is -3.03. The molecular weight excluding hydrogens is 404 g/mol. The predicted octanol–water partition coefficient (Wildman–Crippen LogP) is 5.56. The van der Waals surface area contributed by atoms with Crippen LogP contribution in [0.4, 0.5) is 5.69 Å². The molecule has 0 aliphatic carbocycles. The number of anilines is 1. The summed E-state index contributed by atoms with van der Waals surface area (Å²) in [6, 6.07) is 18.4. The third-order valence-corrected chi connectivity index (χ3v) is 6.65. The summed E-state index contributed by atoms with van der Waals surface area (Å²) in [7, 11) is -3.78. The van der Waals surface area contributed by atoms with Gasteiger partial charge in [-0.2, -0.15) is 0 Å². The van der Waals surface area contributed by atoms with Gasteiger partial charge in [0.1, 0.15) is 5.75 Å². The fourth-order valence-electron chi connectivity index (χ4n) is 2.67. The zero-order chi connectivity index (χ0) is 20.9. The number of benzene rings is 3. The maximum atomic E-state index is 12.8. The van der Waals surface area contributed by atoms with Gasteiger partial charge in [0.15, 0.2) is 0 Å². The number of allylic oxidation sites excluding steroid dienone is 3. The summed E-state index contributed by atoms with van der Waals surface area (Å²) in [5.41, 5.74) is 0.399. The van der Waals surface area contributed by atoms with E-state index < -0.39 is 10.0 Å². The molecule has 3 aromatic carbocycles. The molecule has 3 aromatic rings. The third kappa shape index (κ3) is 4.88. The van der Waals surface area contributed by atoms with E-state index in [1.807, 2.05) is 30.3 Å². The Labute approximate surface area is 174 Å². The molecule has 29 heavy (non-hydrogen) atoms. The minimum atomic E-state index is -3.78. The van der Waals surface area contributed by atoms with Crippen molar-refractivity contribution in [2.45, 2.75) is 16.7 Å². The van der Waals surface area contributed by atoms with Crippen molar-refractivity contribution in [2.75, 3.05) is 4.72 Å². The van der Waals surface area contributed by atoms with E-state index in [2.05, 4.69) is 16.4 Å². The highest BCUT2D eigenvalue weighted by molar-refractivity contribution is 7.99. The number of phenolic OH excluding ortho intramolecular Hbond substituents is 1. The Morgan fingerprint density at radius 1 is 1.10 bits per heavy atom. The van der Waals surface area contributed by atoms with Crippen molar-refractivity contribution in [3.63, 3.8) is 0 Å². The van der Waals surface area contributed by atoms with Crippen LogP contribution in [0, 0.1) is 0 Å². The number of hydrogen-bond donors (Lipinski definition) is 2. The monoisotopic (exact) mass is 424 g/mol. The van der Waals surface area contributed by atoms with Crippen LogP contribution in [0.15, 0.2) is 98.7 Å². The van der Waals surface area contributed by atoms with E-state index in [-0.39, 0.29) is 10.7 Å². The van der Waals surface area contributed by atoms with E-state index in [0.717, 1.165) is 4.90 Å².